The van der Waals surface area contributed by atoms with E-state index in [0.717, 1.165) is 38.6 Å². The lowest BCUT2D eigenvalue weighted by molar-refractivity contribution is 0.0434. The van der Waals surface area contributed by atoms with Crippen LogP contribution in [0.25, 0.3) is 0 Å². The van der Waals surface area contributed by atoms with Gasteiger partial charge in [-0.2, -0.15) is 0 Å². The first-order valence-corrected chi connectivity index (χ1v) is 7.44. The number of hydrogen-bond donors (Lipinski definition) is 0. The molecular weight excluding hydrogens is 250 g/mol. The lowest BCUT2D eigenvalue weighted by Gasteiger charge is -2.25. The van der Waals surface area contributed by atoms with E-state index in [1.807, 2.05) is 12.1 Å². The number of nitrogens with zero attached hydrogens (tertiary/aromatic N) is 1. The molecule has 0 radical (unpaired) electrons. The number of rotatable bonds is 6. The molecule has 0 spiro atoms. The minimum Gasteiger partial charge on any atom is -0.489 e. The molecule has 1 saturated heterocycles. The monoisotopic (exact) mass is 275 g/mol. The van der Waals surface area contributed by atoms with Crippen molar-refractivity contribution in [2.45, 2.75) is 19.8 Å². The maximum Gasteiger partial charge on any atom is 0.123 e. The third-order valence-corrected chi connectivity index (χ3v) is 3.51. The number of benzene rings is 1. The van der Waals surface area contributed by atoms with Crippen LogP contribution in [0.4, 0.5) is 0 Å². The van der Waals surface area contributed by atoms with Crippen molar-refractivity contribution >= 4 is 0 Å². The SMILES string of the molecule is CC(C)c1ccccc1OCC=CCN1CCOCC1. The fraction of sp³-hybridized carbons (Fsp3) is 0.529. The van der Waals surface area contributed by atoms with E-state index in [-0.39, 0.29) is 0 Å². The fourth-order valence-corrected chi connectivity index (χ4v) is 2.30. The maximum atomic E-state index is 5.86. The van der Waals surface area contributed by atoms with Crippen molar-refractivity contribution < 1.29 is 9.47 Å². The molecule has 0 atom stereocenters. The predicted molar refractivity (Wildman–Crippen MR) is 82.4 cm³/mol. The Bertz CT molecular complexity index is 423. The lowest BCUT2D eigenvalue weighted by atomic mass is 10.0. The zero-order valence-corrected chi connectivity index (χ0v) is 12.5. The van der Waals surface area contributed by atoms with Gasteiger partial charge in [-0.15, -0.1) is 0 Å². The average Bonchev–Trinajstić information content (AvgIpc) is 2.48. The van der Waals surface area contributed by atoms with Crippen LogP contribution >= 0.6 is 0 Å². The van der Waals surface area contributed by atoms with E-state index in [0.29, 0.717) is 12.5 Å². The Balaban J connectivity index is 1.75. The van der Waals surface area contributed by atoms with Gasteiger partial charge in [-0.25, -0.2) is 0 Å². The van der Waals surface area contributed by atoms with Crippen molar-refractivity contribution in [1.29, 1.82) is 0 Å². The molecule has 0 bridgehead atoms. The molecule has 3 heteroatoms. The summed E-state index contributed by atoms with van der Waals surface area (Å²) >= 11 is 0. The first-order valence-electron chi connectivity index (χ1n) is 7.44. The molecule has 110 valence electrons. The molecule has 1 aliphatic heterocycles. The van der Waals surface area contributed by atoms with E-state index >= 15 is 0 Å². The molecule has 0 N–H and O–H groups in total. The van der Waals surface area contributed by atoms with E-state index in [1.54, 1.807) is 0 Å². The molecule has 0 aliphatic carbocycles. The average molecular weight is 275 g/mol. The third kappa shape index (κ3) is 4.66. The Morgan fingerprint density at radius 2 is 1.95 bits per heavy atom. The summed E-state index contributed by atoms with van der Waals surface area (Å²) < 4.78 is 11.2. The number of morpholine rings is 1. The van der Waals surface area contributed by atoms with Crippen molar-refractivity contribution in [3.05, 3.63) is 42.0 Å². The summed E-state index contributed by atoms with van der Waals surface area (Å²) in [6.45, 7) is 9.76. The summed E-state index contributed by atoms with van der Waals surface area (Å²) in [7, 11) is 0. The molecule has 1 aromatic rings. The Morgan fingerprint density at radius 3 is 2.70 bits per heavy atom. The van der Waals surface area contributed by atoms with E-state index < -0.39 is 0 Å². The Hall–Kier alpha value is -1.32. The normalized spacial score (nSPS) is 16.9. The minimum absolute atomic E-state index is 0.489. The van der Waals surface area contributed by atoms with E-state index in [1.165, 1.54) is 5.56 Å². The molecule has 3 nitrogen and oxygen atoms in total. The van der Waals surface area contributed by atoms with Gasteiger partial charge in [0.05, 0.1) is 13.2 Å². The van der Waals surface area contributed by atoms with Crippen molar-refractivity contribution in [2.75, 3.05) is 39.5 Å². The quantitative estimate of drug-likeness (QED) is 0.745. The van der Waals surface area contributed by atoms with Gasteiger partial charge in [-0.3, -0.25) is 4.90 Å². The van der Waals surface area contributed by atoms with Crippen molar-refractivity contribution in [1.82, 2.24) is 4.90 Å². The Kier molecular flexibility index (Phi) is 6.09. The second-order valence-electron chi connectivity index (χ2n) is 5.39. The van der Waals surface area contributed by atoms with Gasteiger partial charge in [0.25, 0.3) is 0 Å². The molecular formula is C17H25NO2. The number of ether oxygens (including phenoxy) is 2. The van der Waals surface area contributed by atoms with Crippen LogP contribution in [0.1, 0.15) is 25.3 Å². The third-order valence-electron chi connectivity index (χ3n) is 3.51. The van der Waals surface area contributed by atoms with Crippen LogP contribution in [0, 0.1) is 0 Å². The molecule has 0 saturated carbocycles. The summed E-state index contributed by atoms with van der Waals surface area (Å²) in [6, 6.07) is 8.28. The largest absolute Gasteiger partial charge is 0.489 e. The molecule has 2 rings (SSSR count). The lowest BCUT2D eigenvalue weighted by Crippen LogP contribution is -2.36. The molecule has 1 fully saturated rings. The van der Waals surface area contributed by atoms with E-state index in [4.69, 9.17) is 9.47 Å². The van der Waals surface area contributed by atoms with E-state index in [9.17, 15) is 0 Å². The molecule has 0 aromatic heterocycles. The van der Waals surface area contributed by atoms with Gasteiger partial charge in [-0.05, 0) is 17.5 Å². The van der Waals surface area contributed by atoms with Crippen LogP contribution in [0.2, 0.25) is 0 Å². The van der Waals surface area contributed by atoms with Gasteiger partial charge in [-0.1, -0.05) is 44.2 Å². The summed E-state index contributed by atoms with van der Waals surface area (Å²) in [5.41, 5.74) is 1.27. The second kappa shape index (κ2) is 8.08. The van der Waals surface area contributed by atoms with Crippen molar-refractivity contribution in [3.63, 3.8) is 0 Å². The van der Waals surface area contributed by atoms with Gasteiger partial charge >= 0.3 is 0 Å². The summed E-state index contributed by atoms with van der Waals surface area (Å²) in [6.07, 6.45) is 4.29. The highest BCUT2D eigenvalue weighted by atomic mass is 16.5. The topological polar surface area (TPSA) is 21.7 Å². The zero-order valence-electron chi connectivity index (χ0n) is 12.5. The van der Waals surface area contributed by atoms with Crippen LogP contribution in [0.5, 0.6) is 5.75 Å². The van der Waals surface area contributed by atoms with Gasteiger partial charge in [0.1, 0.15) is 12.4 Å². The first kappa shape index (κ1) is 15.1. The molecule has 1 aliphatic rings. The predicted octanol–water partition coefficient (Wildman–Crippen LogP) is 3.08. The van der Waals surface area contributed by atoms with Gasteiger partial charge in [0.15, 0.2) is 0 Å². The van der Waals surface area contributed by atoms with Gasteiger partial charge in [0.2, 0.25) is 0 Å². The number of hydrogen-bond acceptors (Lipinski definition) is 3. The summed E-state index contributed by atoms with van der Waals surface area (Å²) in [4.78, 5) is 2.39. The highest BCUT2D eigenvalue weighted by Gasteiger charge is 2.08. The van der Waals surface area contributed by atoms with Gasteiger partial charge < -0.3 is 9.47 Å². The van der Waals surface area contributed by atoms with Crippen LogP contribution in [-0.2, 0) is 4.74 Å². The first-order chi connectivity index (χ1) is 9.77. The second-order valence-corrected chi connectivity index (χ2v) is 5.39. The zero-order chi connectivity index (χ0) is 14.2. The van der Waals surface area contributed by atoms with Crippen molar-refractivity contribution in [2.24, 2.45) is 0 Å². The van der Waals surface area contributed by atoms with Gasteiger partial charge in [0, 0.05) is 19.6 Å². The van der Waals surface area contributed by atoms with Crippen LogP contribution < -0.4 is 4.74 Å². The van der Waals surface area contributed by atoms with E-state index in [2.05, 4.69) is 43.0 Å². The standard InChI is InChI=1S/C17H25NO2/c1-15(2)16-7-3-4-8-17(16)20-12-6-5-9-18-10-13-19-14-11-18/h3-8,15H,9-14H2,1-2H3. The highest BCUT2D eigenvalue weighted by molar-refractivity contribution is 5.35. The molecule has 1 aromatic carbocycles. The molecule has 1 heterocycles. The Morgan fingerprint density at radius 1 is 1.20 bits per heavy atom. The Labute approximate surface area is 122 Å². The smallest absolute Gasteiger partial charge is 0.123 e. The minimum atomic E-state index is 0.489. The fourth-order valence-electron chi connectivity index (χ4n) is 2.30. The summed E-state index contributed by atoms with van der Waals surface area (Å²) in [5.74, 6) is 1.49. The number of para-hydroxylation sites is 1. The molecule has 0 amide bonds. The molecule has 20 heavy (non-hydrogen) atoms. The molecule has 0 unspecified atom stereocenters. The highest BCUT2D eigenvalue weighted by Crippen LogP contribution is 2.25. The van der Waals surface area contributed by atoms with Crippen LogP contribution in [0.15, 0.2) is 36.4 Å². The maximum absolute atomic E-state index is 5.86. The van der Waals surface area contributed by atoms with Crippen molar-refractivity contribution in [3.8, 4) is 5.75 Å². The van der Waals surface area contributed by atoms with Crippen LogP contribution in [0.3, 0.4) is 0 Å². The summed E-state index contributed by atoms with van der Waals surface area (Å²) in [5, 5.41) is 0. The van der Waals surface area contributed by atoms with Crippen LogP contribution in [-0.4, -0.2) is 44.4 Å².